The highest BCUT2D eigenvalue weighted by molar-refractivity contribution is 6.07. The van der Waals surface area contributed by atoms with Crippen LogP contribution in [0, 0.1) is 0 Å². The van der Waals surface area contributed by atoms with E-state index < -0.39 is 0 Å². The van der Waals surface area contributed by atoms with Crippen molar-refractivity contribution in [3.8, 4) is 0 Å². The second kappa shape index (κ2) is 9.10. The van der Waals surface area contributed by atoms with Gasteiger partial charge in [-0.25, -0.2) is 0 Å². The van der Waals surface area contributed by atoms with Crippen molar-refractivity contribution in [3.63, 3.8) is 0 Å². The number of amides is 2. The van der Waals surface area contributed by atoms with Crippen LogP contribution in [-0.4, -0.2) is 16.8 Å². The Balaban J connectivity index is 1.65. The third kappa shape index (κ3) is 5.37. The molecule has 0 radical (unpaired) electrons. The van der Waals surface area contributed by atoms with Crippen molar-refractivity contribution >= 4 is 23.6 Å². The summed E-state index contributed by atoms with van der Waals surface area (Å²) in [4.78, 5) is 28.7. The van der Waals surface area contributed by atoms with Gasteiger partial charge in [0.05, 0.1) is 11.3 Å². The molecule has 0 bridgehead atoms. The number of para-hydroxylation sites is 1. The molecule has 0 saturated carbocycles. The van der Waals surface area contributed by atoms with Gasteiger partial charge in [0.15, 0.2) is 0 Å². The summed E-state index contributed by atoms with van der Waals surface area (Å²) in [5, 5.41) is 5.60. The van der Waals surface area contributed by atoms with Gasteiger partial charge in [0.2, 0.25) is 5.91 Å². The Kier molecular flexibility index (Phi) is 6.09. The quantitative estimate of drug-likeness (QED) is 0.661. The van der Waals surface area contributed by atoms with E-state index in [0.717, 1.165) is 11.1 Å². The Morgan fingerprint density at radius 2 is 1.70 bits per heavy atom. The van der Waals surface area contributed by atoms with E-state index in [9.17, 15) is 9.59 Å². The summed E-state index contributed by atoms with van der Waals surface area (Å²) in [6, 6.07) is 20.1. The lowest BCUT2D eigenvalue weighted by Gasteiger charge is -2.10. The van der Waals surface area contributed by atoms with Crippen LogP contribution in [0.1, 0.15) is 21.5 Å². The fourth-order valence-corrected chi connectivity index (χ4v) is 2.48. The van der Waals surface area contributed by atoms with Gasteiger partial charge in [-0.15, -0.1) is 0 Å². The number of pyridine rings is 1. The lowest BCUT2D eigenvalue weighted by atomic mass is 10.1. The minimum Gasteiger partial charge on any atom is -0.348 e. The molecule has 3 aromatic rings. The van der Waals surface area contributed by atoms with Crippen molar-refractivity contribution in [2.45, 2.75) is 6.54 Å². The zero-order valence-electron chi connectivity index (χ0n) is 14.6. The number of hydrogen-bond donors (Lipinski definition) is 2. The van der Waals surface area contributed by atoms with Crippen LogP contribution in [0.4, 0.5) is 5.69 Å². The molecular weight excluding hydrogens is 338 g/mol. The number of nitrogens with one attached hydrogen (secondary N) is 2. The highest BCUT2D eigenvalue weighted by Gasteiger charge is 2.12. The number of nitrogens with zero attached hydrogens (tertiary/aromatic N) is 1. The number of rotatable bonds is 6. The van der Waals surface area contributed by atoms with Crippen LogP contribution >= 0.6 is 0 Å². The number of carbonyl (C=O) groups is 2. The number of anilines is 1. The van der Waals surface area contributed by atoms with Crippen LogP contribution in [0.2, 0.25) is 0 Å². The predicted molar refractivity (Wildman–Crippen MR) is 106 cm³/mol. The topological polar surface area (TPSA) is 71.1 Å². The van der Waals surface area contributed by atoms with Crippen LogP contribution in [-0.2, 0) is 11.3 Å². The zero-order valence-corrected chi connectivity index (χ0v) is 14.6. The molecule has 3 rings (SSSR count). The first-order chi connectivity index (χ1) is 13.2. The Morgan fingerprint density at radius 3 is 2.48 bits per heavy atom. The summed E-state index contributed by atoms with van der Waals surface area (Å²) in [6.45, 7) is 0.364. The predicted octanol–water partition coefficient (Wildman–Crippen LogP) is 3.66. The maximum absolute atomic E-state index is 12.5. The Hall–Kier alpha value is -3.73. The Labute approximate surface area is 157 Å². The summed E-state index contributed by atoms with van der Waals surface area (Å²) in [7, 11) is 0. The van der Waals surface area contributed by atoms with Crippen LogP contribution in [0.3, 0.4) is 0 Å². The molecule has 2 N–H and O–H groups in total. The summed E-state index contributed by atoms with van der Waals surface area (Å²) >= 11 is 0. The fourth-order valence-electron chi connectivity index (χ4n) is 2.48. The van der Waals surface area contributed by atoms with Gasteiger partial charge in [-0.3, -0.25) is 14.6 Å². The summed E-state index contributed by atoms with van der Waals surface area (Å²) in [5.74, 6) is -0.562. The average molecular weight is 357 g/mol. The van der Waals surface area contributed by atoms with Gasteiger partial charge in [-0.1, -0.05) is 48.5 Å². The molecule has 0 spiro atoms. The van der Waals surface area contributed by atoms with Crippen molar-refractivity contribution in [3.05, 3.63) is 102 Å². The summed E-state index contributed by atoms with van der Waals surface area (Å²) < 4.78 is 0. The van der Waals surface area contributed by atoms with Gasteiger partial charge in [0.25, 0.3) is 5.91 Å². The highest BCUT2D eigenvalue weighted by Crippen LogP contribution is 2.15. The van der Waals surface area contributed by atoms with Crippen molar-refractivity contribution in [2.24, 2.45) is 0 Å². The molecule has 2 amide bonds. The van der Waals surface area contributed by atoms with E-state index in [-0.39, 0.29) is 11.8 Å². The van der Waals surface area contributed by atoms with Crippen molar-refractivity contribution in [1.29, 1.82) is 0 Å². The molecule has 0 unspecified atom stereocenters. The molecule has 0 aliphatic heterocycles. The molecule has 0 atom stereocenters. The monoisotopic (exact) mass is 357 g/mol. The smallest absolute Gasteiger partial charge is 0.253 e. The standard InChI is InChI=1S/C22H19N3O2/c26-21(13-12-17-7-2-1-3-8-17)25-20-11-5-4-10-19(20)22(27)24-16-18-9-6-14-23-15-18/h1-15H,16H2,(H,24,27)(H,25,26). The third-order valence-electron chi connectivity index (χ3n) is 3.83. The van der Waals surface area contributed by atoms with Gasteiger partial charge in [0.1, 0.15) is 0 Å². The molecule has 134 valence electrons. The van der Waals surface area contributed by atoms with E-state index in [1.54, 1.807) is 42.7 Å². The molecule has 5 heteroatoms. The van der Waals surface area contributed by atoms with Crippen molar-refractivity contribution < 1.29 is 9.59 Å². The second-order valence-corrected chi connectivity index (χ2v) is 5.82. The first-order valence-corrected chi connectivity index (χ1v) is 8.52. The van der Waals surface area contributed by atoms with E-state index in [1.807, 2.05) is 42.5 Å². The molecule has 0 saturated heterocycles. The molecule has 0 fully saturated rings. The van der Waals surface area contributed by atoms with Gasteiger partial charge < -0.3 is 10.6 Å². The Morgan fingerprint density at radius 1 is 0.926 bits per heavy atom. The largest absolute Gasteiger partial charge is 0.348 e. The van der Waals surface area contributed by atoms with E-state index in [1.165, 1.54) is 6.08 Å². The first kappa shape index (κ1) is 18.1. The van der Waals surface area contributed by atoms with Crippen LogP contribution in [0.25, 0.3) is 6.08 Å². The van der Waals surface area contributed by atoms with E-state index in [2.05, 4.69) is 15.6 Å². The molecule has 27 heavy (non-hydrogen) atoms. The van der Waals surface area contributed by atoms with E-state index >= 15 is 0 Å². The van der Waals surface area contributed by atoms with Crippen molar-refractivity contribution in [1.82, 2.24) is 10.3 Å². The minimum atomic E-state index is -0.300. The first-order valence-electron chi connectivity index (χ1n) is 8.52. The zero-order chi connectivity index (χ0) is 18.9. The number of benzene rings is 2. The molecular formula is C22H19N3O2. The van der Waals surface area contributed by atoms with Crippen LogP contribution in [0.5, 0.6) is 0 Å². The molecule has 0 aliphatic carbocycles. The maximum atomic E-state index is 12.5. The minimum absolute atomic E-state index is 0.262. The molecule has 0 aliphatic rings. The average Bonchev–Trinajstić information content (AvgIpc) is 2.72. The number of carbonyl (C=O) groups excluding carboxylic acids is 2. The van der Waals surface area contributed by atoms with E-state index in [0.29, 0.717) is 17.8 Å². The fraction of sp³-hybridized carbons (Fsp3) is 0.0455. The van der Waals surface area contributed by atoms with Gasteiger partial charge in [-0.05, 0) is 35.4 Å². The summed E-state index contributed by atoms with van der Waals surface area (Å²) in [6.07, 6.45) is 6.54. The van der Waals surface area contributed by atoms with Gasteiger partial charge >= 0.3 is 0 Å². The van der Waals surface area contributed by atoms with E-state index in [4.69, 9.17) is 0 Å². The van der Waals surface area contributed by atoms with Gasteiger partial charge in [0, 0.05) is 25.0 Å². The molecule has 1 heterocycles. The SMILES string of the molecule is O=C(C=Cc1ccccc1)Nc1ccccc1C(=O)NCc1cccnc1. The lowest BCUT2D eigenvalue weighted by Crippen LogP contribution is -2.24. The molecule has 5 nitrogen and oxygen atoms in total. The maximum Gasteiger partial charge on any atom is 0.253 e. The van der Waals surface area contributed by atoms with Crippen LogP contribution in [0.15, 0.2) is 85.2 Å². The lowest BCUT2D eigenvalue weighted by molar-refractivity contribution is -0.111. The van der Waals surface area contributed by atoms with Crippen LogP contribution < -0.4 is 10.6 Å². The third-order valence-corrected chi connectivity index (χ3v) is 3.83. The number of hydrogen-bond acceptors (Lipinski definition) is 3. The molecule has 1 aromatic heterocycles. The second-order valence-electron chi connectivity index (χ2n) is 5.82. The Bertz CT molecular complexity index is 938. The van der Waals surface area contributed by atoms with Crippen molar-refractivity contribution in [2.75, 3.05) is 5.32 Å². The summed E-state index contributed by atoms with van der Waals surface area (Å²) in [5.41, 5.74) is 2.69. The molecule has 2 aromatic carbocycles. The highest BCUT2D eigenvalue weighted by atomic mass is 16.2. The number of aromatic nitrogens is 1. The van der Waals surface area contributed by atoms with Gasteiger partial charge in [-0.2, -0.15) is 0 Å². The normalized spacial score (nSPS) is 10.5.